The first-order chi connectivity index (χ1) is 15.6. The van der Waals surface area contributed by atoms with E-state index in [1.165, 1.54) is 0 Å². The maximum atomic E-state index is 13.6. The monoisotopic (exact) mass is 452 g/mol. The van der Waals surface area contributed by atoms with Crippen LogP contribution in [0.3, 0.4) is 0 Å². The van der Waals surface area contributed by atoms with E-state index >= 15 is 0 Å². The Bertz CT molecular complexity index is 1110. The Kier molecular flexibility index (Phi) is 6.70. The van der Waals surface area contributed by atoms with Crippen LogP contribution in [0.1, 0.15) is 44.6 Å². The molecule has 0 saturated heterocycles. The van der Waals surface area contributed by atoms with Gasteiger partial charge in [0.2, 0.25) is 0 Å². The molecule has 2 aromatic carbocycles. The van der Waals surface area contributed by atoms with Crippen LogP contribution in [-0.2, 0) is 11.3 Å². The second kappa shape index (κ2) is 9.82. The van der Waals surface area contributed by atoms with Crippen molar-refractivity contribution in [1.82, 2.24) is 4.98 Å². The highest BCUT2D eigenvalue weighted by atomic mass is 32.1. The van der Waals surface area contributed by atoms with Crippen molar-refractivity contribution < 1.29 is 23.8 Å². The number of aryl methyl sites for hydroxylation is 1. The van der Waals surface area contributed by atoms with Gasteiger partial charge in [0, 0.05) is 12.0 Å². The SMILES string of the molecule is CCOC(=O)c1sc(N(Cc2ccccc2)C(=O)c2ccc3c(c2)OCCCO3)nc1C. The zero-order valence-electron chi connectivity index (χ0n) is 18.0. The van der Waals surface area contributed by atoms with E-state index in [9.17, 15) is 9.59 Å². The number of hydrogen-bond donors (Lipinski definition) is 0. The molecule has 0 unspecified atom stereocenters. The summed E-state index contributed by atoms with van der Waals surface area (Å²) in [4.78, 5) is 32.4. The molecule has 2 heterocycles. The molecule has 0 radical (unpaired) electrons. The van der Waals surface area contributed by atoms with Crippen molar-refractivity contribution in [2.75, 3.05) is 24.7 Å². The zero-order chi connectivity index (χ0) is 22.5. The number of esters is 1. The molecule has 0 fully saturated rings. The standard InChI is InChI=1S/C24H24N2O5S/c1-3-29-23(28)21-16(2)25-24(32-21)26(15-17-8-5-4-6-9-17)22(27)18-10-11-19-20(14-18)31-13-7-12-30-19/h4-6,8-11,14H,3,7,12-13,15H2,1-2H3. The summed E-state index contributed by atoms with van der Waals surface area (Å²) in [6.45, 7) is 5.19. The number of carbonyl (C=O) groups is 2. The maximum absolute atomic E-state index is 13.6. The van der Waals surface area contributed by atoms with Crippen molar-refractivity contribution in [2.45, 2.75) is 26.8 Å². The predicted molar refractivity (Wildman–Crippen MR) is 122 cm³/mol. The summed E-state index contributed by atoms with van der Waals surface area (Å²) in [5, 5.41) is 0.437. The van der Waals surface area contributed by atoms with E-state index in [4.69, 9.17) is 14.2 Å². The molecular formula is C24H24N2O5S. The lowest BCUT2D eigenvalue weighted by Gasteiger charge is -2.21. The van der Waals surface area contributed by atoms with Crippen LogP contribution in [-0.4, -0.2) is 36.7 Å². The van der Waals surface area contributed by atoms with E-state index in [-0.39, 0.29) is 12.5 Å². The van der Waals surface area contributed by atoms with E-state index in [1.54, 1.807) is 36.9 Å². The Morgan fingerprint density at radius 3 is 2.59 bits per heavy atom. The Morgan fingerprint density at radius 2 is 1.84 bits per heavy atom. The number of aromatic nitrogens is 1. The van der Waals surface area contributed by atoms with Crippen molar-refractivity contribution in [3.05, 3.63) is 70.2 Å². The number of thiazole rings is 1. The van der Waals surface area contributed by atoms with Gasteiger partial charge in [0.15, 0.2) is 16.6 Å². The molecule has 0 bridgehead atoms. The van der Waals surface area contributed by atoms with Gasteiger partial charge in [0.1, 0.15) is 4.88 Å². The van der Waals surface area contributed by atoms with Crippen LogP contribution in [0.2, 0.25) is 0 Å². The minimum Gasteiger partial charge on any atom is -0.490 e. The fourth-order valence-electron chi connectivity index (χ4n) is 3.33. The highest BCUT2D eigenvalue weighted by molar-refractivity contribution is 7.17. The molecule has 8 heteroatoms. The predicted octanol–water partition coefficient (Wildman–Crippen LogP) is 4.64. The minimum atomic E-state index is -0.434. The van der Waals surface area contributed by atoms with Crippen LogP contribution >= 0.6 is 11.3 Å². The zero-order valence-corrected chi connectivity index (χ0v) is 18.8. The fraction of sp³-hybridized carbons (Fsp3) is 0.292. The third-order valence-corrected chi connectivity index (χ3v) is 6.06. The number of hydrogen-bond acceptors (Lipinski definition) is 7. The molecule has 0 spiro atoms. The summed E-state index contributed by atoms with van der Waals surface area (Å²) in [6, 6.07) is 14.8. The van der Waals surface area contributed by atoms with Crippen LogP contribution in [0.25, 0.3) is 0 Å². The summed E-state index contributed by atoms with van der Waals surface area (Å²) < 4.78 is 16.6. The number of nitrogens with zero attached hydrogens (tertiary/aromatic N) is 2. The van der Waals surface area contributed by atoms with Gasteiger partial charge in [-0.05, 0) is 37.6 Å². The minimum absolute atomic E-state index is 0.242. The van der Waals surface area contributed by atoms with Gasteiger partial charge >= 0.3 is 5.97 Å². The molecule has 1 amide bonds. The molecule has 0 saturated carbocycles. The number of amides is 1. The molecular weight excluding hydrogens is 428 g/mol. The summed E-state index contributed by atoms with van der Waals surface area (Å²) >= 11 is 1.15. The Labute approximate surface area is 190 Å². The summed E-state index contributed by atoms with van der Waals surface area (Å²) in [7, 11) is 0. The summed E-state index contributed by atoms with van der Waals surface area (Å²) in [5.41, 5.74) is 1.93. The lowest BCUT2D eigenvalue weighted by atomic mass is 10.1. The van der Waals surface area contributed by atoms with Gasteiger partial charge in [0.05, 0.1) is 32.1 Å². The van der Waals surface area contributed by atoms with Crippen molar-refractivity contribution in [3.63, 3.8) is 0 Å². The lowest BCUT2D eigenvalue weighted by molar-refractivity contribution is 0.0531. The third kappa shape index (κ3) is 4.75. The molecule has 0 aliphatic carbocycles. The van der Waals surface area contributed by atoms with E-state index in [0.29, 0.717) is 52.5 Å². The smallest absolute Gasteiger partial charge is 0.350 e. The van der Waals surface area contributed by atoms with Crippen LogP contribution in [0, 0.1) is 6.92 Å². The largest absolute Gasteiger partial charge is 0.490 e. The first-order valence-electron chi connectivity index (χ1n) is 10.5. The molecule has 7 nitrogen and oxygen atoms in total. The second-order valence-corrected chi connectivity index (χ2v) is 8.20. The number of rotatable bonds is 6. The summed E-state index contributed by atoms with van der Waals surface area (Å²) in [5.74, 6) is 0.504. The van der Waals surface area contributed by atoms with E-state index in [0.717, 1.165) is 23.3 Å². The Balaban J connectivity index is 1.70. The van der Waals surface area contributed by atoms with Gasteiger partial charge in [-0.3, -0.25) is 9.69 Å². The van der Waals surface area contributed by atoms with Gasteiger partial charge in [0.25, 0.3) is 5.91 Å². The topological polar surface area (TPSA) is 78.0 Å². The quantitative estimate of drug-likeness (QED) is 0.507. The Hall–Kier alpha value is -3.39. The number of anilines is 1. The van der Waals surface area contributed by atoms with Crippen LogP contribution in [0.5, 0.6) is 11.5 Å². The average Bonchev–Trinajstić information content (AvgIpc) is 3.03. The van der Waals surface area contributed by atoms with E-state index in [1.807, 2.05) is 30.3 Å². The molecule has 0 atom stereocenters. The van der Waals surface area contributed by atoms with Crippen molar-refractivity contribution in [3.8, 4) is 11.5 Å². The number of ether oxygens (including phenoxy) is 3. The number of carbonyl (C=O) groups excluding carboxylic acids is 2. The normalized spacial score (nSPS) is 12.7. The molecule has 166 valence electrons. The average molecular weight is 453 g/mol. The van der Waals surface area contributed by atoms with Gasteiger partial charge in [-0.1, -0.05) is 41.7 Å². The first-order valence-corrected chi connectivity index (χ1v) is 11.3. The first kappa shape index (κ1) is 21.8. The van der Waals surface area contributed by atoms with Gasteiger partial charge < -0.3 is 14.2 Å². The molecule has 0 N–H and O–H groups in total. The van der Waals surface area contributed by atoms with Crippen LogP contribution in [0.15, 0.2) is 48.5 Å². The van der Waals surface area contributed by atoms with Gasteiger partial charge in [-0.2, -0.15) is 0 Å². The molecule has 1 aromatic heterocycles. The Morgan fingerprint density at radius 1 is 1.09 bits per heavy atom. The van der Waals surface area contributed by atoms with Gasteiger partial charge in [-0.15, -0.1) is 0 Å². The van der Waals surface area contributed by atoms with Crippen LogP contribution in [0.4, 0.5) is 5.13 Å². The summed E-state index contributed by atoms with van der Waals surface area (Å²) in [6.07, 6.45) is 0.785. The third-order valence-electron chi connectivity index (χ3n) is 4.90. The lowest BCUT2D eigenvalue weighted by Crippen LogP contribution is -2.30. The van der Waals surface area contributed by atoms with E-state index < -0.39 is 5.97 Å². The van der Waals surface area contributed by atoms with E-state index in [2.05, 4.69) is 4.98 Å². The number of benzene rings is 2. The maximum Gasteiger partial charge on any atom is 0.350 e. The molecule has 1 aliphatic heterocycles. The molecule has 32 heavy (non-hydrogen) atoms. The van der Waals surface area contributed by atoms with Crippen molar-refractivity contribution >= 4 is 28.3 Å². The molecule has 1 aliphatic rings. The highest BCUT2D eigenvalue weighted by Gasteiger charge is 2.26. The number of fused-ring (bicyclic) bond motifs is 1. The van der Waals surface area contributed by atoms with Gasteiger partial charge in [-0.25, -0.2) is 9.78 Å². The fourth-order valence-corrected chi connectivity index (χ4v) is 4.29. The van der Waals surface area contributed by atoms with Crippen LogP contribution < -0.4 is 14.4 Å². The molecule has 3 aromatic rings. The highest BCUT2D eigenvalue weighted by Crippen LogP contribution is 2.33. The molecule has 4 rings (SSSR count). The second-order valence-electron chi connectivity index (χ2n) is 7.22. The van der Waals surface area contributed by atoms with Crippen molar-refractivity contribution in [2.24, 2.45) is 0 Å². The van der Waals surface area contributed by atoms with Crippen molar-refractivity contribution in [1.29, 1.82) is 0 Å².